The second kappa shape index (κ2) is 4.82. The highest BCUT2D eigenvalue weighted by molar-refractivity contribution is 6.31. The summed E-state index contributed by atoms with van der Waals surface area (Å²) in [4.78, 5) is 4.31. The van der Waals surface area contributed by atoms with Crippen molar-refractivity contribution in [2.75, 3.05) is 0 Å². The summed E-state index contributed by atoms with van der Waals surface area (Å²) >= 11 is 6.43. The molecule has 2 heterocycles. The topological polar surface area (TPSA) is 54.0 Å². The molecule has 0 bridgehead atoms. The molecule has 22 heavy (non-hydrogen) atoms. The van der Waals surface area contributed by atoms with Crippen LogP contribution >= 0.6 is 11.6 Å². The van der Waals surface area contributed by atoms with Crippen molar-refractivity contribution in [2.45, 2.75) is 24.7 Å². The molecule has 108 valence electrons. The van der Waals surface area contributed by atoms with Crippen LogP contribution in [0.25, 0.3) is 5.65 Å². The smallest absolute Gasteiger partial charge is 0.173 e. The third-order valence-corrected chi connectivity index (χ3v) is 4.89. The highest BCUT2D eigenvalue weighted by Crippen LogP contribution is 2.51. The van der Waals surface area contributed by atoms with Crippen LogP contribution < -0.4 is 0 Å². The largest absolute Gasteiger partial charge is 0.236 e. The minimum Gasteiger partial charge on any atom is -0.236 e. The maximum absolute atomic E-state index is 9.63. The van der Waals surface area contributed by atoms with Crippen molar-refractivity contribution >= 4 is 17.2 Å². The van der Waals surface area contributed by atoms with E-state index >= 15 is 0 Å². The summed E-state index contributed by atoms with van der Waals surface area (Å²) in [7, 11) is 0. The molecule has 1 aliphatic rings. The Bertz CT molecular complexity index is 902. The van der Waals surface area contributed by atoms with Crippen LogP contribution in [0.1, 0.15) is 36.1 Å². The lowest BCUT2D eigenvalue weighted by Crippen LogP contribution is -2.37. The summed E-state index contributed by atoms with van der Waals surface area (Å²) in [6, 6.07) is 12.0. The molecule has 0 saturated heterocycles. The number of nitrogens with zero attached hydrogens (tertiary/aromatic N) is 4. The summed E-state index contributed by atoms with van der Waals surface area (Å²) in [5.41, 5.74) is 2.76. The van der Waals surface area contributed by atoms with Crippen LogP contribution in [0.5, 0.6) is 0 Å². The van der Waals surface area contributed by atoms with E-state index in [4.69, 9.17) is 11.6 Å². The molecule has 0 spiro atoms. The van der Waals surface area contributed by atoms with Gasteiger partial charge in [-0.3, -0.25) is 0 Å². The van der Waals surface area contributed by atoms with Gasteiger partial charge in [0.2, 0.25) is 0 Å². The molecule has 4 nitrogen and oxygen atoms in total. The predicted molar refractivity (Wildman–Crippen MR) is 83.8 cm³/mol. The zero-order chi connectivity index (χ0) is 15.2. The van der Waals surface area contributed by atoms with Crippen LogP contribution in [-0.2, 0) is 5.41 Å². The van der Waals surface area contributed by atoms with Crippen LogP contribution in [0.15, 0.2) is 42.7 Å². The quantitative estimate of drug-likeness (QED) is 0.725. The van der Waals surface area contributed by atoms with E-state index in [0.717, 1.165) is 35.5 Å². The normalized spacial score (nSPS) is 16.2. The maximum atomic E-state index is 9.63. The van der Waals surface area contributed by atoms with E-state index in [1.165, 1.54) is 0 Å². The first kappa shape index (κ1) is 13.3. The molecule has 0 unspecified atom stereocenters. The van der Waals surface area contributed by atoms with Crippen molar-refractivity contribution in [1.82, 2.24) is 14.6 Å². The van der Waals surface area contributed by atoms with Gasteiger partial charge in [-0.05, 0) is 30.5 Å². The van der Waals surface area contributed by atoms with Crippen molar-refractivity contribution in [3.63, 3.8) is 0 Å². The molecule has 0 atom stereocenters. The van der Waals surface area contributed by atoms with Gasteiger partial charge in [-0.25, -0.2) is 9.50 Å². The highest BCUT2D eigenvalue weighted by Gasteiger charge is 2.45. The molecule has 1 aliphatic carbocycles. The standard InChI is InChI=1S/C17H13ClN4/c18-14-6-2-1-5-13(14)17(7-3-8-17)15-12(11-19)16-20-9-4-10-22(16)21-15/h1-2,4-6,9-10H,3,7-8H2. The lowest BCUT2D eigenvalue weighted by molar-refractivity contribution is 0.292. The number of nitriles is 1. The van der Waals surface area contributed by atoms with Crippen LogP contribution in [-0.4, -0.2) is 14.6 Å². The molecule has 4 rings (SSSR count). The third kappa shape index (κ3) is 1.69. The van der Waals surface area contributed by atoms with Crippen molar-refractivity contribution < 1.29 is 0 Å². The van der Waals surface area contributed by atoms with Gasteiger partial charge in [-0.2, -0.15) is 10.4 Å². The Kier molecular flexibility index (Phi) is 2.91. The van der Waals surface area contributed by atoms with Crippen molar-refractivity contribution in [3.8, 4) is 6.07 Å². The third-order valence-electron chi connectivity index (χ3n) is 4.56. The number of halogens is 1. The second-order valence-corrected chi connectivity index (χ2v) is 6.05. The molecule has 2 aromatic heterocycles. The van der Waals surface area contributed by atoms with Crippen molar-refractivity contribution in [1.29, 1.82) is 5.26 Å². The lowest BCUT2D eigenvalue weighted by atomic mass is 9.62. The average molecular weight is 309 g/mol. The molecule has 1 saturated carbocycles. The van der Waals surface area contributed by atoms with Gasteiger partial charge in [-0.1, -0.05) is 36.2 Å². The summed E-state index contributed by atoms with van der Waals surface area (Å²) in [5, 5.41) is 15.0. The van der Waals surface area contributed by atoms with E-state index in [9.17, 15) is 5.26 Å². The summed E-state index contributed by atoms with van der Waals surface area (Å²) in [6.07, 6.45) is 6.53. The van der Waals surface area contributed by atoms with E-state index < -0.39 is 0 Å². The Morgan fingerprint density at radius 1 is 1.23 bits per heavy atom. The number of hydrogen-bond donors (Lipinski definition) is 0. The molecule has 0 N–H and O–H groups in total. The molecule has 0 amide bonds. The van der Waals surface area contributed by atoms with Gasteiger partial charge in [0, 0.05) is 22.8 Å². The Hall–Kier alpha value is -2.38. The van der Waals surface area contributed by atoms with E-state index in [2.05, 4.69) is 16.2 Å². The van der Waals surface area contributed by atoms with E-state index in [1.807, 2.05) is 36.5 Å². The Morgan fingerprint density at radius 2 is 2.05 bits per heavy atom. The number of benzene rings is 1. The molecule has 0 radical (unpaired) electrons. The van der Waals surface area contributed by atoms with E-state index in [-0.39, 0.29) is 5.41 Å². The molecular formula is C17H13ClN4. The minimum absolute atomic E-state index is 0.267. The fourth-order valence-corrected chi connectivity index (χ4v) is 3.65. The maximum Gasteiger partial charge on any atom is 0.173 e. The number of aromatic nitrogens is 3. The Morgan fingerprint density at radius 3 is 2.73 bits per heavy atom. The van der Waals surface area contributed by atoms with Gasteiger partial charge in [0.1, 0.15) is 11.6 Å². The second-order valence-electron chi connectivity index (χ2n) is 5.64. The Labute approximate surface area is 133 Å². The summed E-state index contributed by atoms with van der Waals surface area (Å²) in [6.45, 7) is 0. The zero-order valence-corrected chi connectivity index (χ0v) is 12.6. The first-order valence-corrected chi connectivity index (χ1v) is 7.63. The number of hydrogen-bond acceptors (Lipinski definition) is 3. The fraction of sp³-hybridized carbons (Fsp3) is 0.235. The minimum atomic E-state index is -0.267. The van der Waals surface area contributed by atoms with Gasteiger partial charge in [0.15, 0.2) is 5.65 Å². The van der Waals surface area contributed by atoms with Crippen molar-refractivity contribution in [3.05, 3.63) is 64.6 Å². The first-order valence-electron chi connectivity index (χ1n) is 7.25. The van der Waals surface area contributed by atoms with Gasteiger partial charge >= 0.3 is 0 Å². The molecule has 3 aromatic rings. The van der Waals surface area contributed by atoms with Crippen LogP contribution in [0, 0.1) is 11.3 Å². The highest BCUT2D eigenvalue weighted by atomic mass is 35.5. The number of rotatable bonds is 2. The molecule has 1 aromatic carbocycles. The molecule has 5 heteroatoms. The predicted octanol–water partition coefficient (Wildman–Crippen LogP) is 3.72. The summed E-state index contributed by atoms with van der Waals surface area (Å²) < 4.78 is 1.69. The molecule has 0 aliphatic heterocycles. The van der Waals surface area contributed by atoms with Gasteiger partial charge < -0.3 is 0 Å². The van der Waals surface area contributed by atoms with Gasteiger partial charge in [0.05, 0.1) is 5.69 Å². The lowest BCUT2D eigenvalue weighted by Gasteiger charge is -2.41. The average Bonchev–Trinajstić information content (AvgIpc) is 2.86. The van der Waals surface area contributed by atoms with Crippen LogP contribution in [0.2, 0.25) is 5.02 Å². The molecular weight excluding hydrogens is 296 g/mol. The van der Waals surface area contributed by atoms with Crippen LogP contribution in [0.3, 0.4) is 0 Å². The van der Waals surface area contributed by atoms with Crippen molar-refractivity contribution in [2.24, 2.45) is 0 Å². The van der Waals surface area contributed by atoms with Gasteiger partial charge in [0.25, 0.3) is 0 Å². The Balaban J connectivity index is 2.01. The van der Waals surface area contributed by atoms with E-state index in [0.29, 0.717) is 11.2 Å². The first-order chi connectivity index (χ1) is 10.8. The molecule has 1 fully saturated rings. The summed E-state index contributed by atoms with van der Waals surface area (Å²) in [5.74, 6) is 0. The number of fused-ring (bicyclic) bond motifs is 1. The zero-order valence-electron chi connectivity index (χ0n) is 11.8. The monoisotopic (exact) mass is 308 g/mol. The van der Waals surface area contributed by atoms with Crippen LogP contribution in [0.4, 0.5) is 0 Å². The van der Waals surface area contributed by atoms with Gasteiger partial charge in [-0.15, -0.1) is 0 Å². The fourth-order valence-electron chi connectivity index (χ4n) is 3.34. The SMILES string of the molecule is N#Cc1c(C2(c3ccccc3Cl)CCC2)nn2cccnc12. The van der Waals surface area contributed by atoms with E-state index in [1.54, 1.807) is 10.7 Å².